The first kappa shape index (κ1) is 14.3. The van der Waals surface area contributed by atoms with Gasteiger partial charge in [-0.3, -0.25) is 25.2 Å². The van der Waals surface area contributed by atoms with E-state index in [2.05, 4.69) is 15.2 Å². The van der Waals surface area contributed by atoms with E-state index in [1.165, 1.54) is 6.20 Å². The molecule has 0 radical (unpaired) electrons. The van der Waals surface area contributed by atoms with E-state index in [-0.39, 0.29) is 17.3 Å². The van der Waals surface area contributed by atoms with Gasteiger partial charge >= 0.3 is 0 Å². The van der Waals surface area contributed by atoms with Gasteiger partial charge < -0.3 is 4.42 Å². The van der Waals surface area contributed by atoms with Gasteiger partial charge in [0.05, 0.1) is 21.5 Å². The maximum absolute atomic E-state index is 10.9. The topological polar surface area (TPSA) is 138 Å². The molecule has 2 aromatic heterocycles. The highest BCUT2D eigenvalue weighted by molar-refractivity contribution is 5.64. The molecule has 0 spiro atoms. The molecule has 0 atom stereocenters. The van der Waals surface area contributed by atoms with Crippen molar-refractivity contribution in [3.05, 3.63) is 62.8 Å². The number of nitro benzene ring substituents is 2. The fourth-order valence-corrected chi connectivity index (χ4v) is 1.86. The molecule has 2 heterocycles. The smallest absolute Gasteiger partial charge is 0.277 e. The van der Waals surface area contributed by atoms with Gasteiger partial charge in [-0.25, -0.2) is 0 Å². The Kier molecular flexibility index (Phi) is 3.47. The summed E-state index contributed by atoms with van der Waals surface area (Å²) in [6.45, 7) is 0. The summed E-state index contributed by atoms with van der Waals surface area (Å²) >= 11 is 0. The Morgan fingerprint density at radius 2 is 1.57 bits per heavy atom. The molecule has 0 aliphatic carbocycles. The predicted molar refractivity (Wildman–Crippen MR) is 76.3 cm³/mol. The first-order valence-corrected chi connectivity index (χ1v) is 6.24. The molecule has 0 saturated heterocycles. The van der Waals surface area contributed by atoms with Crippen molar-refractivity contribution in [1.29, 1.82) is 0 Å². The molecule has 3 rings (SSSR count). The molecule has 10 heteroatoms. The van der Waals surface area contributed by atoms with Crippen LogP contribution in [0.25, 0.3) is 23.0 Å². The summed E-state index contributed by atoms with van der Waals surface area (Å²) in [5, 5.41) is 29.3. The van der Waals surface area contributed by atoms with Gasteiger partial charge in [0.2, 0.25) is 5.89 Å². The highest BCUT2D eigenvalue weighted by Crippen LogP contribution is 2.30. The zero-order valence-electron chi connectivity index (χ0n) is 11.3. The van der Waals surface area contributed by atoms with Gasteiger partial charge in [-0.1, -0.05) is 6.07 Å². The van der Waals surface area contributed by atoms with E-state index in [9.17, 15) is 20.2 Å². The molecule has 23 heavy (non-hydrogen) atoms. The lowest BCUT2D eigenvalue weighted by Crippen LogP contribution is -1.94. The standard InChI is InChI=1S/C13H7N5O5/c19-17(20)9-5-8(6-10(7-9)18(21)22)12-15-16-13(23-12)11-3-1-2-4-14-11/h1-7H. The Morgan fingerprint density at radius 1 is 0.913 bits per heavy atom. The number of non-ortho nitro benzene ring substituents is 2. The molecule has 0 aliphatic rings. The summed E-state index contributed by atoms with van der Waals surface area (Å²) in [5.41, 5.74) is -0.370. The lowest BCUT2D eigenvalue weighted by molar-refractivity contribution is -0.394. The average Bonchev–Trinajstić information content (AvgIpc) is 3.05. The van der Waals surface area contributed by atoms with Crippen LogP contribution in [0, 0.1) is 20.2 Å². The van der Waals surface area contributed by atoms with Crippen molar-refractivity contribution in [2.24, 2.45) is 0 Å². The fraction of sp³-hybridized carbons (Fsp3) is 0. The van der Waals surface area contributed by atoms with Gasteiger partial charge in [0, 0.05) is 18.3 Å². The highest BCUT2D eigenvalue weighted by atomic mass is 16.6. The molecule has 0 unspecified atom stereocenters. The molecule has 0 fully saturated rings. The van der Waals surface area contributed by atoms with E-state index in [0.29, 0.717) is 5.69 Å². The Hall–Kier alpha value is -3.69. The van der Waals surface area contributed by atoms with Crippen LogP contribution in [-0.2, 0) is 0 Å². The zero-order chi connectivity index (χ0) is 16.4. The monoisotopic (exact) mass is 313 g/mol. The van der Waals surface area contributed by atoms with Crippen molar-refractivity contribution in [3.63, 3.8) is 0 Å². The second kappa shape index (κ2) is 5.60. The molecule has 114 valence electrons. The Balaban J connectivity index is 2.07. The number of aromatic nitrogens is 3. The number of pyridine rings is 1. The third kappa shape index (κ3) is 2.85. The number of hydrogen-bond acceptors (Lipinski definition) is 8. The van der Waals surface area contributed by atoms with Crippen LogP contribution in [0.2, 0.25) is 0 Å². The second-order valence-electron chi connectivity index (χ2n) is 4.38. The summed E-state index contributed by atoms with van der Waals surface area (Å²) in [6.07, 6.45) is 1.54. The van der Waals surface area contributed by atoms with Gasteiger partial charge in [-0.2, -0.15) is 0 Å². The molecule has 0 aliphatic heterocycles. The van der Waals surface area contributed by atoms with E-state index in [1.807, 2.05) is 0 Å². The van der Waals surface area contributed by atoms with Gasteiger partial charge in [0.15, 0.2) is 0 Å². The summed E-state index contributed by atoms with van der Waals surface area (Å²) in [6, 6.07) is 8.20. The number of nitro groups is 2. The molecule has 0 amide bonds. The fourth-order valence-electron chi connectivity index (χ4n) is 1.86. The Labute approximate surface area is 127 Å². The van der Waals surface area contributed by atoms with E-state index in [0.717, 1.165) is 18.2 Å². The van der Waals surface area contributed by atoms with Crippen molar-refractivity contribution in [3.8, 4) is 23.0 Å². The van der Waals surface area contributed by atoms with Crippen LogP contribution in [-0.4, -0.2) is 25.0 Å². The number of hydrogen-bond donors (Lipinski definition) is 0. The Morgan fingerprint density at radius 3 is 2.13 bits per heavy atom. The van der Waals surface area contributed by atoms with Gasteiger partial charge in [0.25, 0.3) is 17.3 Å². The minimum absolute atomic E-state index is 0.0718. The third-order valence-corrected chi connectivity index (χ3v) is 2.88. The summed E-state index contributed by atoms with van der Waals surface area (Å²) < 4.78 is 5.40. The van der Waals surface area contributed by atoms with E-state index in [1.54, 1.807) is 18.2 Å². The van der Waals surface area contributed by atoms with Gasteiger partial charge in [-0.05, 0) is 12.1 Å². The predicted octanol–water partition coefficient (Wildman–Crippen LogP) is 2.62. The van der Waals surface area contributed by atoms with Crippen molar-refractivity contribution >= 4 is 11.4 Å². The van der Waals surface area contributed by atoms with Crippen LogP contribution in [0.4, 0.5) is 11.4 Å². The minimum atomic E-state index is -0.730. The van der Waals surface area contributed by atoms with E-state index < -0.39 is 21.2 Å². The van der Waals surface area contributed by atoms with Crippen molar-refractivity contribution in [1.82, 2.24) is 15.2 Å². The summed E-state index contributed by atoms with van der Waals surface area (Å²) in [7, 11) is 0. The average molecular weight is 313 g/mol. The quantitative estimate of drug-likeness (QED) is 0.529. The van der Waals surface area contributed by atoms with Crippen LogP contribution >= 0.6 is 0 Å². The molecular weight excluding hydrogens is 306 g/mol. The summed E-state index contributed by atoms with van der Waals surface area (Å²) in [5.74, 6) is 0.0345. The molecule has 0 bridgehead atoms. The molecule has 0 saturated carbocycles. The molecule has 1 aromatic carbocycles. The SMILES string of the molecule is O=[N+]([O-])c1cc(-c2nnc(-c3ccccn3)o2)cc([N+](=O)[O-])c1. The van der Waals surface area contributed by atoms with Crippen LogP contribution in [0.15, 0.2) is 47.0 Å². The van der Waals surface area contributed by atoms with E-state index >= 15 is 0 Å². The van der Waals surface area contributed by atoms with Gasteiger partial charge in [-0.15, -0.1) is 10.2 Å². The molecular formula is C13H7N5O5. The van der Waals surface area contributed by atoms with Crippen LogP contribution < -0.4 is 0 Å². The third-order valence-electron chi connectivity index (χ3n) is 2.88. The van der Waals surface area contributed by atoms with Crippen LogP contribution in [0.3, 0.4) is 0 Å². The number of nitrogens with zero attached hydrogens (tertiary/aromatic N) is 5. The zero-order valence-corrected chi connectivity index (χ0v) is 11.3. The number of benzene rings is 1. The lowest BCUT2D eigenvalue weighted by Gasteiger charge is -1.97. The largest absolute Gasteiger partial charge is 0.415 e. The second-order valence-corrected chi connectivity index (χ2v) is 4.38. The Bertz CT molecular complexity index is 861. The normalized spacial score (nSPS) is 10.4. The maximum atomic E-state index is 10.9. The van der Waals surface area contributed by atoms with Gasteiger partial charge in [0.1, 0.15) is 5.69 Å². The first-order chi connectivity index (χ1) is 11.0. The van der Waals surface area contributed by atoms with Crippen molar-refractivity contribution < 1.29 is 14.3 Å². The number of rotatable bonds is 4. The maximum Gasteiger partial charge on any atom is 0.277 e. The minimum Gasteiger partial charge on any atom is -0.415 e. The van der Waals surface area contributed by atoms with Crippen LogP contribution in [0.5, 0.6) is 0 Å². The molecule has 10 nitrogen and oxygen atoms in total. The summed E-state index contributed by atoms with van der Waals surface area (Å²) in [4.78, 5) is 24.4. The molecule has 0 N–H and O–H groups in total. The van der Waals surface area contributed by atoms with E-state index in [4.69, 9.17) is 4.42 Å². The molecule has 3 aromatic rings. The van der Waals surface area contributed by atoms with Crippen LogP contribution in [0.1, 0.15) is 0 Å². The highest BCUT2D eigenvalue weighted by Gasteiger charge is 2.20. The lowest BCUT2D eigenvalue weighted by atomic mass is 10.2. The first-order valence-electron chi connectivity index (χ1n) is 6.24. The van der Waals surface area contributed by atoms with Crippen molar-refractivity contribution in [2.75, 3.05) is 0 Å². The van der Waals surface area contributed by atoms with Crippen molar-refractivity contribution in [2.45, 2.75) is 0 Å².